The van der Waals surface area contributed by atoms with Gasteiger partial charge in [-0.15, -0.1) is 0 Å². The molecule has 8 heteroatoms. The van der Waals surface area contributed by atoms with Crippen LogP contribution in [-0.2, 0) is 9.59 Å². The first-order valence-corrected chi connectivity index (χ1v) is 5.73. The second-order valence-corrected chi connectivity index (χ2v) is 4.67. The van der Waals surface area contributed by atoms with E-state index in [9.17, 15) is 19.7 Å². The molecule has 0 bridgehead atoms. The van der Waals surface area contributed by atoms with E-state index in [1.165, 1.54) is 12.1 Å². The van der Waals surface area contributed by atoms with Gasteiger partial charge in [0, 0.05) is 11.8 Å². The van der Waals surface area contributed by atoms with Gasteiger partial charge < -0.3 is 10.4 Å². The summed E-state index contributed by atoms with van der Waals surface area (Å²) in [6.07, 6.45) is 0.535. The molecule has 1 aromatic rings. The zero-order valence-corrected chi connectivity index (χ0v) is 10.3. The molecule has 19 heavy (non-hydrogen) atoms. The summed E-state index contributed by atoms with van der Waals surface area (Å²) in [5.74, 6) is -1.86. The molecule has 1 aromatic carbocycles. The van der Waals surface area contributed by atoms with Crippen LogP contribution in [0.15, 0.2) is 18.2 Å². The van der Waals surface area contributed by atoms with Crippen molar-refractivity contribution in [2.75, 3.05) is 5.32 Å². The van der Waals surface area contributed by atoms with Crippen molar-refractivity contribution in [2.24, 2.45) is 5.41 Å². The second kappa shape index (κ2) is 4.51. The number of anilines is 1. The molecule has 0 radical (unpaired) electrons. The van der Waals surface area contributed by atoms with E-state index in [0.717, 1.165) is 6.07 Å². The number of carbonyl (C=O) groups excluding carboxylic acids is 1. The Labute approximate surface area is 112 Å². The minimum atomic E-state index is -1.39. The number of amides is 1. The average Bonchev–Trinajstić information content (AvgIpc) is 3.12. The van der Waals surface area contributed by atoms with Gasteiger partial charge in [0.25, 0.3) is 5.69 Å². The summed E-state index contributed by atoms with van der Waals surface area (Å²) < 4.78 is 0. The maximum atomic E-state index is 11.8. The highest BCUT2D eigenvalue weighted by atomic mass is 35.5. The molecule has 2 rings (SSSR count). The fourth-order valence-corrected chi connectivity index (χ4v) is 1.83. The smallest absolute Gasteiger partial charge is 0.319 e. The molecule has 1 fully saturated rings. The molecule has 2 N–H and O–H groups in total. The quantitative estimate of drug-likeness (QED) is 0.499. The lowest BCUT2D eigenvalue weighted by Crippen LogP contribution is -2.31. The normalized spacial score (nSPS) is 15.6. The van der Waals surface area contributed by atoms with Crippen molar-refractivity contribution in [1.82, 2.24) is 0 Å². The molecule has 7 nitrogen and oxygen atoms in total. The molecule has 0 unspecified atom stereocenters. The Morgan fingerprint density at radius 2 is 2.05 bits per heavy atom. The fraction of sp³-hybridized carbons (Fsp3) is 0.273. The highest BCUT2D eigenvalue weighted by Crippen LogP contribution is 2.46. The molecule has 1 aliphatic rings. The van der Waals surface area contributed by atoms with E-state index in [1.807, 2.05) is 0 Å². The van der Waals surface area contributed by atoms with Gasteiger partial charge in [-0.3, -0.25) is 19.7 Å². The van der Waals surface area contributed by atoms with Gasteiger partial charge >= 0.3 is 5.97 Å². The van der Waals surface area contributed by atoms with Crippen LogP contribution in [0.5, 0.6) is 0 Å². The molecule has 0 saturated heterocycles. The number of rotatable bonds is 4. The van der Waals surface area contributed by atoms with Gasteiger partial charge in [0.15, 0.2) is 0 Å². The monoisotopic (exact) mass is 284 g/mol. The number of hydrogen-bond acceptors (Lipinski definition) is 4. The van der Waals surface area contributed by atoms with Crippen LogP contribution in [0.4, 0.5) is 11.4 Å². The maximum absolute atomic E-state index is 11.8. The number of carboxylic acids is 1. The predicted molar refractivity (Wildman–Crippen MR) is 66.0 cm³/mol. The number of carbonyl (C=O) groups is 2. The van der Waals surface area contributed by atoms with Crippen LogP contribution in [0.2, 0.25) is 5.02 Å². The number of carboxylic acid groups (broad SMARTS) is 1. The standard InChI is InChI=1S/C11H9ClN2O5/c12-7-2-1-6(5-8(7)14(18)19)13-9(15)11(3-4-11)10(16)17/h1-2,5H,3-4H2,(H,13,15)(H,16,17). The van der Waals surface area contributed by atoms with E-state index in [1.54, 1.807) is 0 Å². The third kappa shape index (κ3) is 2.37. The lowest BCUT2D eigenvalue weighted by Gasteiger charge is -2.10. The van der Waals surface area contributed by atoms with E-state index >= 15 is 0 Å². The summed E-state index contributed by atoms with van der Waals surface area (Å²) in [6, 6.07) is 3.75. The van der Waals surface area contributed by atoms with E-state index < -0.39 is 22.2 Å². The summed E-state index contributed by atoms with van der Waals surface area (Å²) >= 11 is 5.63. The Bertz CT molecular complexity index is 582. The summed E-state index contributed by atoms with van der Waals surface area (Å²) in [4.78, 5) is 32.8. The van der Waals surface area contributed by atoms with Crippen LogP contribution < -0.4 is 5.32 Å². The Morgan fingerprint density at radius 1 is 1.42 bits per heavy atom. The van der Waals surface area contributed by atoms with E-state index in [2.05, 4.69) is 5.32 Å². The minimum Gasteiger partial charge on any atom is -0.480 e. The predicted octanol–water partition coefficient (Wildman–Crippen LogP) is 2.05. The molecule has 1 amide bonds. The van der Waals surface area contributed by atoms with Gasteiger partial charge in [-0.25, -0.2) is 0 Å². The zero-order chi connectivity index (χ0) is 14.2. The first kappa shape index (κ1) is 13.3. The van der Waals surface area contributed by atoms with Gasteiger partial charge in [-0.05, 0) is 25.0 Å². The largest absolute Gasteiger partial charge is 0.480 e. The lowest BCUT2D eigenvalue weighted by molar-refractivity contribution is -0.384. The molecule has 0 aliphatic heterocycles. The Morgan fingerprint density at radius 3 is 2.53 bits per heavy atom. The van der Waals surface area contributed by atoms with Crippen molar-refractivity contribution < 1.29 is 19.6 Å². The van der Waals surface area contributed by atoms with E-state index in [4.69, 9.17) is 16.7 Å². The molecule has 100 valence electrons. The minimum absolute atomic E-state index is 0.0534. The van der Waals surface area contributed by atoms with E-state index in [-0.39, 0.29) is 29.2 Å². The van der Waals surface area contributed by atoms with Crippen molar-refractivity contribution >= 4 is 34.9 Å². The maximum Gasteiger partial charge on any atom is 0.319 e. The molecule has 0 aromatic heterocycles. The van der Waals surface area contributed by atoms with Crippen molar-refractivity contribution in [3.05, 3.63) is 33.3 Å². The summed E-state index contributed by atoms with van der Waals surface area (Å²) in [7, 11) is 0. The van der Waals surface area contributed by atoms with E-state index in [0.29, 0.717) is 0 Å². The molecule has 0 atom stereocenters. The van der Waals surface area contributed by atoms with Crippen LogP contribution >= 0.6 is 11.6 Å². The fourth-order valence-electron chi connectivity index (χ4n) is 1.64. The molecule has 0 heterocycles. The van der Waals surface area contributed by atoms with Crippen LogP contribution in [0.25, 0.3) is 0 Å². The molecular weight excluding hydrogens is 276 g/mol. The zero-order valence-electron chi connectivity index (χ0n) is 9.55. The number of nitro benzene ring substituents is 1. The summed E-state index contributed by atoms with van der Waals surface area (Å²) in [6.45, 7) is 0. The second-order valence-electron chi connectivity index (χ2n) is 4.26. The third-order valence-electron chi connectivity index (χ3n) is 2.99. The van der Waals surface area contributed by atoms with Gasteiger partial charge in [-0.1, -0.05) is 11.6 Å². The average molecular weight is 285 g/mol. The Kier molecular flexibility index (Phi) is 3.15. The lowest BCUT2D eigenvalue weighted by atomic mass is 10.1. The SMILES string of the molecule is O=C(O)C1(C(=O)Nc2ccc(Cl)c([N+](=O)[O-])c2)CC1. The number of hydrogen-bond donors (Lipinski definition) is 2. The van der Waals surface area contributed by atoms with Gasteiger partial charge in [0.2, 0.25) is 5.91 Å². The van der Waals surface area contributed by atoms with Crippen LogP contribution in [0.1, 0.15) is 12.8 Å². The number of halogens is 1. The number of nitrogens with one attached hydrogen (secondary N) is 1. The number of nitro groups is 1. The summed E-state index contributed by atoms with van der Waals surface area (Å²) in [5, 5.41) is 22.0. The van der Waals surface area contributed by atoms with Crippen molar-refractivity contribution in [1.29, 1.82) is 0 Å². The number of nitrogens with zero attached hydrogens (tertiary/aromatic N) is 1. The molecule has 1 saturated carbocycles. The van der Waals surface area contributed by atoms with Crippen molar-refractivity contribution in [3.8, 4) is 0 Å². The molecule has 1 aliphatic carbocycles. The van der Waals surface area contributed by atoms with Crippen LogP contribution in [-0.4, -0.2) is 21.9 Å². The van der Waals surface area contributed by atoms with Crippen molar-refractivity contribution in [2.45, 2.75) is 12.8 Å². The van der Waals surface area contributed by atoms with Crippen LogP contribution in [0.3, 0.4) is 0 Å². The highest BCUT2D eigenvalue weighted by Gasteiger charge is 2.57. The Balaban J connectivity index is 2.21. The highest BCUT2D eigenvalue weighted by molar-refractivity contribution is 6.32. The van der Waals surface area contributed by atoms with Gasteiger partial charge in [-0.2, -0.15) is 0 Å². The van der Waals surface area contributed by atoms with Gasteiger partial charge in [0.1, 0.15) is 10.4 Å². The third-order valence-corrected chi connectivity index (χ3v) is 3.31. The summed E-state index contributed by atoms with van der Waals surface area (Å²) in [5.41, 5.74) is -1.60. The number of benzene rings is 1. The van der Waals surface area contributed by atoms with Crippen molar-refractivity contribution in [3.63, 3.8) is 0 Å². The molecule has 0 spiro atoms. The molecular formula is C11H9ClN2O5. The topological polar surface area (TPSA) is 110 Å². The first-order chi connectivity index (χ1) is 8.86. The number of aliphatic carboxylic acids is 1. The first-order valence-electron chi connectivity index (χ1n) is 5.35. The van der Waals surface area contributed by atoms with Crippen LogP contribution in [0, 0.1) is 15.5 Å². The Hall–Kier alpha value is -2.15. The van der Waals surface area contributed by atoms with Gasteiger partial charge in [0.05, 0.1) is 4.92 Å².